The van der Waals surface area contributed by atoms with Crippen molar-refractivity contribution in [1.82, 2.24) is 5.32 Å². The zero-order chi connectivity index (χ0) is 15.2. The molecule has 0 saturated heterocycles. The lowest BCUT2D eigenvalue weighted by Gasteiger charge is -2.08. The summed E-state index contributed by atoms with van der Waals surface area (Å²) < 4.78 is 40.3. The average Bonchev–Trinajstić information content (AvgIpc) is 2.33. The molecule has 1 aromatic carbocycles. The van der Waals surface area contributed by atoms with Crippen LogP contribution in [0.15, 0.2) is 22.7 Å². The summed E-state index contributed by atoms with van der Waals surface area (Å²) in [6.45, 7) is -1.07. The molecular weight excluding hydrogens is 345 g/mol. The SMILES string of the molecule is O=[N+]([O-])c1cc(Br)ccc1CNCCOCC(F)(F)F. The average molecular weight is 357 g/mol. The van der Waals surface area contributed by atoms with E-state index in [1.165, 1.54) is 6.07 Å². The van der Waals surface area contributed by atoms with Gasteiger partial charge in [0.25, 0.3) is 5.69 Å². The van der Waals surface area contributed by atoms with E-state index in [9.17, 15) is 23.3 Å². The van der Waals surface area contributed by atoms with Crippen LogP contribution in [0.2, 0.25) is 0 Å². The fourth-order valence-corrected chi connectivity index (χ4v) is 1.76. The maximum Gasteiger partial charge on any atom is 0.411 e. The fraction of sp³-hybridized carbons (Fsp3) is 0.455. The highest BCUT2D eigenvalue weighted by molar-refractivity contribution is 9.10. The first-order valence-corrected chi connectivity index (χ1v) is 6.37. The highest BCUT2D eigenvalue weighted by Crippen LogP contribution is 2.23. The van der Waals surface area contributed by atoms with E-state index in [1.54, 1.807) is 12.1 Å². The lowest BCUT2D eigenvalue weighted by molar-refractivity contribution is -0.385. The standard InChI is InChI=1S/C11H12BrF3N2O3/c12-9-2-1-8(10(5-9)17(18)19)6-16-3-4-20-7-11(13,14)15/h1-2,5,16H,3-4,6-7H2. The normalized spacial score (nSPS) is 11.6. The van der Waals surface area contributed by atoms with Gasteiger partial charge in [0.05, 0.1) is 11.5 Å². The van der Waals surface area contributed by atoms with Crippen molar-refractivity contribution in [3.8, 4) is 0 Å². The molecule has 0 aromatic heterocycles. The third-order valence-corrected chi connectivity index (χ3v) is 2.74. The summed E-state index contributed by atoms with van der Waals surface area (Å²) in [4.78, 5) is 10.3. The van der Waals surface area contributed by atoms with Crippen molar-refractivity contribution < 1.29 is 22.8 Å². The van der Waals surface area contributed by atoms with Gasteiger partial charge >= 0.3 is 6.18 Å². The maximum atomic E-state index is 11.8. The van der Waals surface area contributed by atoms with Crippen molar-refractivity contribution in [2.75, 3.05) is 19.8 Å². The quantitative estimate of drug-likeness (QED) is 0.463. The number of nitrogens with one attached hydrogen (secondary N) is 1. The maximum absolute atomic E-state index is 11.8. The van der Waals surface area contributed by atoms with Crippen LogP contribution < -0.4 is 5.32 Å². The Hall–Kier alpha value is -1.19. The monoisotopic (exact) mass is 356 g/mol. The zero-order valence-electron chi connectivity index (χ0n) is 10.2. The summed E-state index contributed by atoms with van der Waals surface area (Å²) in [6.07, 6.45) is -4.34. The lowest BCUT2D eigenvalue weighted by Crippen LogP contribution is -2.23. The molecule has 0 heterocycles. The van der Waals surface area contributed by atoms with E-state index < -0.39 is 17.7 Å². The summed E-state index contributed by atoms with van der Waals surface area (Å²) in [5.74, 6) is 0. The van der Waals surface area contributed by atoms with Crippen molar-refractivity contribution in [1.29, 1.82) is 0 Å². The minimum Gasteiger partial charge on any atom is -0.371 e. The Balaban J connectivity index is 2.37. The summed E-state index contributed by atoms with van der Waals surface area (Å²) >= 11 is 3.13. The molecular formula is C11H12BrF3N2O3. The number of hydrogen-bond acceptors (Lipinski definition) is 4. The van der Waals surface area contributed by atoms with Crippen LogP contribution >= 0.6 is 15.9 Å². The number of hydrogen-bond donors (Lipinski definition) is 1. The molecule has 0 amide bonds. The second-order valence-electron chi connectivity index (χ2n) is 3.87. The molecule has 1 N–H and O–H groups in total. The molecule has 0 spiro atoms. The van der Waals surface area contributed by atoms with Crippen LogP contribution in [0.5, 0.6) is 0 Å². The van der Waals surface area contributed by atoms with Crippen LogP contribution in [-0.4, -0.2) is 30.9 Å². The molecule has 1 aromatic rings. The first kappa shape index (κ1) is 16.9. The fourth-order valence-electron chi connectivity index (χ4n) is 1.41. The van der Waals surface area contributed by atoms with Gasteiger partial charge in [0.2, 0.25) is 0 Å². The van der Waals surface area contributed by atoms with Gasteiger partial charge in [0.1, 0.15) is 6.61 Å². The first-order chi connectivity index (χ1) is 9.29. The van der Waals surface area contributed by atoms with Crippen LogP contribution in [0.25, 0.3) is 0 Å². The Morgan fingerprint density at radius 2 is 2.10 bits per heavy atom. The Labute approximate surface area is 121 Å². The minimum absolute atomic E-state index is 0.0527. The van der Waals surface area contributed by atoms with Gasteiger partial charge in [-0.15, -0.1) is 0 Å². The molecule has 0 atom stereocenters. The summed E-state index contributed by atoms with van der Waals surface area (Å²) in [5.41, 5.74) is 0.400. The molecule has 0 bridgehead atoms. The second-order valence-corrected chi connectivity index (χ2v) is 4.79. The Morgan fingerprint density at radius 1 is 1.40 bits per heavy atom. The third kappa shape index (κ3) is 6.31. The first-order valence-electron chi connectivity index (χ1n) is 5.57. The van der Waals surface area contributed by atoms with E-state index in [0.717, 1.165) is 0 Å². The van der Waals surface area contributed by atoms with Crippen molar-refractivity contribution in [2.45, 2.75) is 12.7 Å². The Morgan fingerprint density at radius 3 is 2.70 bits per heavy atom. The van der Waals surface area contributed by atoms with Gasteiger partial charge in [0, 0.05) is 29.2 Å². The predicted molar refractivity (Wildman–Crippen MR) is 69.4 cm³/mol. The molecule has 0 saturated carbocycles. The highest BCUT2D eigenvalue weighted by Gasteiger charge is 2.27. The van der Waals surface area contributed by atoms with Gasteiger partial charge < -0.3 is 10.1 Å². The molecule has 0 unspecified atom stereocenters. The molecule has 0 radical (unpaired) electrons. The van der Waals surface area contributed by atoms with Crippen molar-refractivity contribution in [3.05, 3.63) is 38.3 Å². The molecule has 20 heavy (non-hydrogen) atoms. The Kier molecular flexibility index (Phi) is 6.37. The Bertz CT molecular complexity index is 469. The van der Waals surface area contributed by atoms with Crippen LogP contribution in [0.1, 0.15) is 5.56 Å². The number of nitro benzene ring substituents is 1. The number of ether oxygens (including phenoxy) is 1. The third-order valence-electron chi connectivity index (χ3n) is 2.25. The molecule has 0 aliphatic rings. The number of alkyl halides is 3. The molecule has 1 rings (SSSR count). The van der Waals surface area contributed by atoms with Crippen molar-refractivity contribution in [2.24, 2.45) is 0 Å². The van der Waals surface area contributed by atoms with E-state index in [0.29, 0.717) is 10.0 Å². The van der Waals surface area contributed by atoms with E-state index in [2.05, 4.69) is 26.0 Å². The van der Waals surface area contributed by atoms with Crippen molar-refractivity contribution >= 4 is 21.6 Å². The van der Waals surface area contributed by atoms with Gasteiger partial charge in [-0.3, -0.25) is 10.1 Å². The van der Waals surface area contributed by atoms with Gasteiger partial charge in [-0.1, -0.05) is 15.9 Å². The lowest BCUT2D eigenvalue weighted by atomic mass is 10.2. The second kappa shape index (κ2) is 7.55. The molecule has 9 heteroatoms. The van der Waals surface area contributed by atoms with Gasteiger partial charge in [-0.25, -0.2) is 0 Å². The number of nitro groups is 1. The van der Waals surface area contributed by atoms with Crippen molar-refractivity contribution in [3.63, 3.8) is 0 Å². The van der Waals surface area contributed by atoms with Crippen LogP contribution in [0.4, 0.5) is 18.9 Å². The van der Waals surface area contributed by atoms with Gasteiger partial charge in [-0.05, 0) is 12.1 Å². The minimum atomic E-state index is -4.34. The number of nitrogens with zero attached hydrogens (tertiary/aromatic N) is 1. The number of benzene rings is 1. The summed E-state index contributed by atoms with van der Waals surface area (Å²) in [7, 11) is 0. The molecule has 5 nitrogen and oxygen atoms in total. The van der Waals surface area contributed by atoms with Gasteiger partial charge in [-0.2, -0.15) is 13.2 Å². The molecule has 0 aliphatic carbocycles. The van der Waals surface area contributed by atoms with E-state index >= 15 is 0 Å². The van der Waals surface area contributed by atoms with Gasteiger partial charge in [0.15, 0.2) is 0 Å². The van der Waals surface area contributed by atoms with Crippen LogP contribution in [-0.2, 0) is 11.3 Å². The van der Waals surface area contributed by atoms with Crippen LogP contribution in [0, 0.1) is 10.1 Å². The molecule has 0 fully saturated rings. The highest BCUT2D eigenvalue weighted by atomic mass is 79.9. The molecule has 0 aliphatic heterocycles. The van der Waals surface area contributed by atoms with E-state index in [-0.39, 0.29) is 25.4 Å². The summed E-state index contributed by atoms with van der Waals surface area (Å²) in [5, 5.41) is 13.6. The topological polar surface area (TPSA) is 64.4 Å². The summed E-state index contributed by atoms with van der Waals surface area (Å²) in [6, 6.07) is 4.60. The molecule has 112 valence electrons. The largest absolute Gasteiger partial charge is 0.411 e. The van der Waals surface area contributed by atoms with E-state index in [4.69, 9.17) is 0 Å². The smallest absolute Gasteiger partial charge is 0.371 e. The van der Waals surface area contributed by atoms with E-state index in [1.807, 2.05) is 0 Å². The zero-order valence-corrected chi connectivity index (χ0v) is 11.8. The predicted octanol–water partition coefficient (Wildman–Crippen LogP) is 3.03. The van der Waals surface area contributed by atoms with Crippen LogP contribution in [0.3, 0.4) is 0 Å². The number of halogens is 4. The number of rotatable bonds is 7.